The summed E-state index contributed by atoms with van der Waals surface area (Å²) >= 11 is 0. The van der Waals surface area contributed by atoms with Crippen LogP contribution in [0.1, 0.15) is 27.1 Å². The summed E-state index contributed by atoms with van der Waals surface area (Å²) in [5, 5.41) is 8.95. The Labute approximate surface area is 136 Å². The molecule has 1 fully saturated rings. The number of fused-ring (bicyclic) bond motifs is 1. The van der Waals surface area contributed by atoms with Gasteiger partial charge in [0.05, 0.1) is 17.7 Å². The van der Waals surface area contributed by atoms with Gasteiger partial charge in [0, 0.05) is 39.3 Å². The fraction of sp³-hybridized carbons (Fsp3) is 0.529. The topological polar surface area (TPSA) is 64.1 Å². The molecule has 2 aliphatic rings. The van der Waals surface area contributed by atoms with E-state index in [0.717, 1.165) is 45.7 Å². The molecule has 0 radical (unpaired) electrons. The van der Waals surface area contributed by atoms with Crippen molar-refractivity contribution in [1.82, 2.24) is 14.7 Å². The summed E-state index contributed by atoms with van der Waals surface area (Å²) in [5.41, 5.74) is 1.05. The molecule has 1 aromatic carbocycles. The number of nitrogens with zero attached hydrogens (tertiary/aromatic N) is 3. The molecule has 1 aromatic rings. The Hall–Kier alpha value is -1.76. The summed E-state index contributed by atoms with van der Waals surface area (Å²) in [5.74, 6) is -0.336. The largest absolute Gasteiger partial charge is 0.395 e. The second-order valence-electron chi connectivity index (χ2n) is 6.07. The molecule has 0 saturated carbocycles. The van der Waals surface area contributed by atoms with Gasteiger partial charge in [-0.2, -0.15) is 0 Å². The van der Waals surface area contributed by atoms with Gasteiger partial charge in [0.15, 0.2) is 0 Å². The van der Waals surface area contributed by atoms with E-state index in [9.17, 15) is 9.59 Å². The Morgan fingerprint density at radius 3 is 1.87 bits per heavy atom. The fourth-order valence-corrected chi connectivity index (χ4v) is 3.27. The minimum Gasteiger partial charge on any atom is -0.395 e. The van der Waals surface area contributed by atoms with Crippen LogP contribution in [-0.2, 0) is 0 Å². The van der Waals surface area contributed by atoms with Gasteiger partial charge in [-0.3, -0.25) is 19.4 Å². The molecule has 2 aliphatic heterocycles. The average Bonchev–Trinajstić information content (AvgIpc) is 2.82. The number of imide groups is 1. The maximum Gasteiger partial charge on any atom is 0.261 e. The molecule has 6 heteroatoms. The fourth-order valence-electron chi connectivity index (χ4n) is 3.27. The molecule has 0 atom stereocenters. The first-order valence-electron chi connectivity index (χ1n) is 8.21. The number of aliphatic hydroxyl groups is 1. The van der Waals surface area contributed by atoms with Crippen molar-refractivity contribution in [2.24, 2.45) is 0 Å². The van der Waals surface area contributed by atoms with E-state index >= 15 is 0 Å². The average molecular weight is 317 g/mol. The summed E-state index contributed by atoms with van der Waals surface area (Å²) in [6.07, 6.45) is 0.797. The lowest BCUT2D eigenvalue weighted by atomic mass is 10.1. The molecule has 0 aliphatic carbocycles. The zero-order chi connectivity index (χ0) is 16.2. The van der Waals surface area contributed by atoms with Gasteiger partial charge in [0.25, 0.3) is 11.8 Å². The number of aliphatic hydroxyl groups excluding tert-OH is 1. The third kappa shape index (κ3) is 3.44. The molecule has 6 nitrogen and oxygen atoms in total. The van der Waals surface area contributed by atoms with Crippen molar-refractivity contribution in [1.29, 1.82) is 0 Å². The summed E-state index contributed by atoms with van der Waals surface area (Å²) in [7, 11) is 0. The molecule has 0 bridgehead atoms. The molecule has 1 N–H and O–H groups in total. The predicted octanol–water partition coefficient (Wildman–Crippen LogP) is 0.283. The Balaban J connectivity index is 1.46. The lowest BCUT2D eigenvalue weighted by molar-refractivity contribution is 0.0639. The van der Waals surface area contributed by atoms with E-state index in [4.69, 9.17) is 5.11 Å². The monoisotopic (exact) mass is 317 g/mol. The van der Waals surface area contributed by atoms with Crippen LogP contribution in [0.25, 0.3) is 0 Å². The smallest absolute Gasteiger partial charge is 0.261 e. The highest BCUT2D eigenvalue weighted by atomic mass is 16.3. The molecule has 23 heavy (non-hydrogen) atoms. The first kappa shape index (κ1) is 16.1. The number of rotatable bonds is 6. The zero-order valence-corrected chi connectivity index (χ0v) is 13.3. The summed E-state index contributed by atoms with van der Waals surface area (Å²) < 4.78 is 0. The van der Waals surface area contributed by atoms with Gasteiger partial charge in [-0.25, -0.2) is 0 Å². The van der Waals surface area contributed by atoms with Gasteiger partial charge in [-0.15, -0.1) is 0 Å². The number of β-amino-alcohol motifs (C(OH)–C–C–N with tert-alkyl or cyclic N) is 1. The van der Waals surface area contributed by atoms with E-state index in [-0.39, 0.29) is 18.4 Å². The van der Waals surface area contributed by atoms with Crippen molar-refractivity contribution in [2.75, 3.05) is 52.4 Å². The van der Waals surface area contributed by atoms with Gasteiger partial charge in [0.1, 0.15) is 0 Å². The van der Waals surface area contributed by atoms with Gasteiger partial charge in [-0.1, -0.05) is 12.1 Å². The van der Waals surface area contributed by atoms with Crippen LogP contribution in [0.2, 0.25) is 0 Å². The second kappa shape index (κ2) is 7.21. The van der Waals surface area contributed by atoms with Crippen LogP contribution in [-0.4, -0.2) is 84.0 Å². The molecule has 124 valence electrons. The standard InChI is InChI=1S/C17H23N3O3/c21-13-12-19-10-8-18(9-11-19)6-3-7-20-16(22)14-4-1-2-5-15(14)17(20)23/h1-2,4-5,21H,3,6-13H2. The van der Waals surface area contributed by atoms with Crippen LogP contribution < -0.4 is 0 Å². The van der Waals surface area contributed by atoms with E-state index in [1.807, 2.05) is 0 Å². The first-order chi connectivity index (χ1) is 11.2. The van der Waals surface area contributed by atoms with Crippen molar-refractivity contribution in [2.45, 2.75) is 6.42 Å². The highest BCUT2D eigenvalue weighted by Gasteiger charge is 2.34. The molecule has 0 aromatic heterocycles. The minimum atomic E-state index is -0.168. The molecule has 2 amide bonds. The Morgan fingerprint density at radius 2 is 1.35 bits per heavy atom. The van der Waals surface area contributed by atoms with E-state index < -0.39 is 0 Å². The molecule has 0 unspecified atom stereocenters. The van der Waals surface area contributed by atoms with Crippen LogP contribution in [0.5, 0.6) is 0 Å². The maximum absolute atomic E-state index is 12.3. The van der Waals surface area contributed by atoms with Crippen molar-refractivity contribution in [3.8, 4) is 0 Å². The summed E-state index contributed by atoms with van der Waals surface area (Å²) in [6.45, 7) is 6.19. The number of carbonyl (C=O) groups excluding carboxylic acids is 2. The lowest BCUT2D eigenvalue weighted by Crippen LogP contribution is -2.47. The van der Waals surface area contributed by atoms with Crippen molar-refractivity contribution < 1.29 is 14.7 Å². The van der Waals surface area contributed by atoms with E-state index in [1.165, 1.54) is 4.90 Å². The number of piperazine rings is 1. The third-order valence-electron chi connectivity index (χ3n) is 4.62. The Bertz CT molecular complexity index is 547. The lowest BCUT2D eigenvalue weighted by Gasteiger charge is -2.34. The van der Waals surface area contributed by atoms with Crippen molar-refractivity contribution in [3.63, 3.8) is 0 Å². The summed E-state index contributed by atoms with van der Waals surface area (Å²) in [6, 6.07) is 7.02. The van der Waals surface area contributed by atoms with E-state index in [0.29, 0.717) is 17.7 Å². The first-order valence-corrected chi connectivity index (χ1v) is 8.21. The van der Waals surface area contributed by atoms with Gasteiger partial charge in [0.2, 0.25) is 0 Å². The van der Waals surface area contributed by atoms with E-state index in [2.05, 4.69) is 9.80 Å². The Morgan fingerprint density at radius 1 is 0.826 bits per heavy atom. The quantitative estimate of drug-likeness (QED) is 0.764. The second-order valence-corrected chi connectivity index (χ2v) is 6.07. The zero-order valence-electron chi connectivity index (χ0n) is 13.3. The summed E-state index contributed by atoms with van der Waals surface area (Å²) in [4.78, 5) is 30.5. The number of benzene rings is 1. The van der Waals surface area contributed by atoms with Gasteiger partial charge in [-0.05, 0) is 25.1 Å². The highest BCUT2D eigenvalue weighted by Crippen LogP contribution is 2.22. The van der Waals surface area contributed by atoms with Gasteiger partial charge < -0.3 is 10.0 Å². The molecule has 1 saturated heterocycles. The Kier molecular flexibility index (Phi) is 5.05. The van der Waals surface area contributed by atoms with Crippen LogP contribution in [0.3, 0.4) is 0 Å². The predicted molar refractivity (Wildman–Crippen MR) is 86.4 cm³/mol. The molecular formula is C17H23N3O3. The van der Waals surface area contributed by atoms with Crippen LogP contribution in [0, 0.1) is 0 Å². The van der Waals surface area contributed by atoms with Crippen molar-refractivity contribution >= 4 is 11.8 Å². The number of carbonyl (C=O) groups is 2. The van der Waals surface area contributed by atoms with Crippen LogP contribution >= 0.6 is 0 Å². The van der Waals surface area contributed by atoms with Crippen LogP contribution in [0.15, 0.2) is 24.3 Å². The molecule has 0 spiro atoms. The SMILES string of the molecule is O=C1c2ccccc2C(=O)N1CCCN1CCN(CCO)CC1. The van der Waals surface area contributed by atoms with E-state index in [1.54, 1.807) is 24.3 Å². The number of hydrogen-bond donors (Lipinski definition) is 1. The molecule has 3 rings (SSSR count). The van der Waals surface area contributed by atoms with Crippen LogP contribution in [0.4, 0.5) is 0 Å². The molecular weight excluding hydrogens is 294 g/mol. The molecule has 2 heterocycles. The normalized spacial score (nSPS) is 19.4. The highest BCUT2D eigenvalue weighted by molar-refractivity contribution is 6.21. The van der Waals surface area contributed by atoms with Crippen molar-refractivity contribution in [3.05, 3.63) is 35.4 Å². The third-order valence-corrected chi connectivity index (χ3v) is 4.62. The number of hydrogen-bond acceptors (Lipinski definition) is 5. The number of amides is 2. The minimum absolute atomic E-state index is 0.168. The maximum atomic E-state index is 12.3. The van der Waals surface area contributed by atoms with Gasteiger partial charge >= 0.3 is 0 Å².